The number of H-pyrrole nitrogens is 1. The van der Waals surface area contributed by atoms with E-state index in [0.29, 0.717) is 5.69 Å². The lowest BCUT2D eigenvalue weighted by Gasteiger charge is -2.02. The molecule has 0 aliphatic rings. The first-order valence-electron chi connectivity index (χ1n) is 6.05. The minimum atomic E-state index is -0.206. The first-order valence-corrected chi connectivity index (χ1v) is 6.05. The van der Waals surface area contributed by atoms with Crippen LogP contribution < -0.4 is 5.32 Å². The smallest absolute Gasteiger partial charge is 0.276 e. The Hall–Kier alpha value is -2.62. The van der Waals surface area contributed by atoms with E-state index in [1.165, 1.54) is 0 Å². The van der Waals surface area contributed by atoms with Gasteiger partial charge in [-0.3, -0.25) is 9.89 Å². The predicted molar refractivity (Wildman–Crippen MR) is 75.2 cm³/mol. The number of para-hydroxylation sites is 1. The second-order valence-corrected chi connectivity index (χ2v) is 4.44. The van der Waals surface area contributed by atoms with Crippen LogP contribution in [0.2, 0.25) is 0 Å². The van der Waals surface area contributed by atoms with E-state index in [9.17, 15) is 4.79 Å². The number of hydrogen-bond acceptors (Lipinski definition) is 2. The Morgan fingerprint density at radius 3 is 2.74 bits per heavy atom. The van der Waals surface area contributed by atoms with Gasteiger partial charge in [0.2, 0.25) is 0 Å². The SMILES string of the molecule is Cc1ccc2[nH]nc(C(=O)Nc3ccccc3)c2c1. The molecule has 3 rings (SSSR count). The van der Waals surface area contributed by atoms with Crippen molar-refractivity contribution in [2.24, 2.45) is 0 Å². The van der Waals surface area contributed by atoms with Crippen LogP contribution in [0.4, 0.5) is 5.69 Å². The van der Waals surface area contributed by atoms with Crippen LogP contribution in [0.25, 0.3) is 10.9 Å². The zero-order valence-electron chi connectivity index (χ0n) is 10.5. The molecule has 0 bridgehead atoms. The summed E-state index contributed by atoms with van der Waals surface area (Å²) >= 11 is 0. The van der Waals surface area contributed by atoms with Gasteiger partial charge in [-0.25, -0.2) is 0 Å². The molecule has 1 heterocycles. The Bertz CT molecular complexity index is 731. The van der Waals surface area contributed by atoms with Crippen LogP contribution >= 0.6 is 0 Å². The van der Waals surface area contributed by atoms with E-state index in [1.54, 1.807) is 0 Å². The van der Waals surface area contributed by atoms with Gasteiger partial charge in [0.25, 0.3) is 5.91 Å². The number of rotatable bonds is 2. The second kappa shape index (κ2) is 4.57. The number of fused-ring (bicyclic) bond motifs is 1. The van der Waals surface area contributed by atoms with Crippen LogP contribution in [0, 0.1) is 6.92 Å². The highest BCUT2D eigenvalue weighted by Crippen LogP contribution is 2.18. The quantitative estimate of drug-likeness (QED) is 0.735. The summed E-state index contributed by atoms with van der Waals surface area (Å²) in [5.41, 5.74) is 3.14. The summed E-state index contributed by atoms with van der Waals surface area (Å²) in [6.45, 7) is 1.99. The Labute approximate surface area is 110 Å². The second-order valence-electron chi connectivity index (χ2n) is 4.44. The van der Waals surface area contributed by atoms with Crippen molar-refractivity contribution in [3.63, 3.8) is 0 Å². The average Bonchev–Trinajstić information content (AvgIpc) is 2.82. The molecule has 0 aliphatic carbocycles. The fourth-order valence-corrected chi connectivity index (χ4v) is 2.01. The molecule has 0 saturated heterocycles. The minimum Gasteiger partial charge on any atom is -0.321 e. The summed E-state index contributed by atoms with van der Waals surface area (Å²) < 4.78 is 0. The van der Waals surface area contributed by atoms with E-state index in [2.05, 4.69) is 15.5 Å². The molecule has 0 unspecified atom stereocenters. The van der Waals surface area contributed by atoms with Gasteiger partial charge in [-0.2, -0.15) is 5.10 Å². The number of anilines is 1. The van der Waals surface area contributed by atoms with Crippen LogP contribution in [0.5, 0.6) is 0 Å². The number of carbonyl (C=O) groups excluding carboxylic acids is 1. The van der Waals surface area contributed by atoms with Crippen molar-refractivity contribution in [1.82, 2.24) is 10.2 Å². The van der Waals surface area contributed by atoms with Crippen molar-refractivity contribution in [2.75, 3.05) is 5.32 Å². The number of nitrogens with one attached hydrogen (secondary N) is 2. The maximum atomic E-state index is 12.2. The van der Waals surface area contributed by atoms with Crippen molar-refractivity contribution < 1.29 is 4.79 Å². The van der Waals surface area contributed by atoms with Gasteiger partial charge in [0.15, 0.2) is 5.69 Å². The Kier molecular flexibility index (Phi) is 2.76. The number of hydrogen-bond donors (Lipinski definition) is 2. The van der Waals surface area contributed by atoms with E-state index in [-0.39, 0.29) is 5.91 Å². The Balaban J connectivity index is 1.96. The van der Waals surface area contributed by atoms with Crippen LogP contribution in [0.3, 0.4) is 0 Å². The highest BCUT2D eigenvalue weighted by atomic mass is 16.1. The summed E-state index contributed by atoms with van der Waals surface area (Å²) in [6.07, 6.45) is 0. The first kappa shape index (κ1) is 11.5. The lowest BCUT2D eigenvalue weighted by atomic mass is 10.1. The molecule has 19 heavy (non-hydrogen) atoms. The fraction of sp³-hybridized carbons (Fsp3) is 0.0667. The van der Waals surface area contributed by atoms with Crippen molar-refractivity contribution in [3.05, 3.63) is 59.8 Å². The molecule has 0 atom stereocenters. The number of benzene rings is 2. The van der Waals surface area contributed by atoms with E-state index >= 15 is 0 Å². The molecule has 0 spiro atoms. The largest absolute Gasteiger partial charge is 0.321 e. The van der Waals surface area contributed by atoms with Crippen LogP contribution in [0.15, 0.2) is 48.5 Å². The Morgan fingerprint density at radius 1 is 1.16 bits per heavy atom. The summed E-state index contributed by atoms with van der Waals surface area (Å²) in [4.78, 5) is 12.2. The van der Waals surface area contributed by atoms with Gasteiger partial charge in [0.1, 0.15) is 0 Å². The van der Waals surface area contributed by atoms with Crippen molar-refractivity contribution in [3.8, 4) is 0 Å². The Morgan fingerprint density at radius 2 is 1.95 bits per heavy atom. The molecule has 0 aliphatic heterocycles. The molecule has 2 aromatic carbocycles. The maximum Gasteiger partial charge on any atom is 0.276 e. The van der Waals surface area contributed by atoms with Crippen LogP contribution in [-0.2, 0) is 0 Å². The number of carbonyl (C=O) groups is 1. The number of amides is 1. The van der Waals surface area contributed by atoms with E-state index in [4.69, 9.17) is 0 Å². The third-order valence-electron chi connectivity index (χ3n) is 2.97. The number of aryl methyl sites for hydroxylation is 1. The molecule has 0 fully saturated rings. The minimum absolute atomic E-state index is 0.206. The van der Waals surface area contributed by atoms with Gasteiger partial charge in [0.05, 0.1) is 5.52 Å². The highest BCUT2D eigenvalue weighted by Gasteiger charge is 2.14. The fourth-order valence-electron chi connectivity index (χ4n) is 2.01. The molecular formula is C15H13N3O. The number of nitrogens with zero attached hydrogens (tertiary/aromatic N) is 1. The summed E-state index contributed by atoms with van der Waals surface area (Å²) in [7, 11) is 0. The number of aromatic amines is 1. The topological polar surface area (TPSA) is 57.8 Å². The van der Waals surface area contributed by atoms with Crippen molar-refractivity contribution in [1.29, 1.82) is 0 Å². The third kappa shape index (κ3) is 2.20. The zero-order chi connectivity index (χ0) is 13.2. The van der Waals surface area contributed by atoms with Gasteiger partial charge in [-0.15, -0.1) is 0 Å². The van der Waals surface area contributed by atoms with E-state index < -0.39 is 0 Å². The monoisotopic (exact) mass is 251 g/mol. The predicted octanol–water partition coefficient (Wildman–Crippen LogP) is 3.12. The van der Waals surface area contributed by atoms with Gasteiger partial charge in [-0.05, 0) is 31.2 Å². The normalized spacial score (nSPS) is 10.6. The molecule has 1 aromatic heterocycles. The van der Waals surface area contributed by atoms with Crippen LogP contribution in [-0.4, -0.2) is 16.1 Å². The molecular weight excluding hydrogens is 238 g/mol. The average molecular weight is 251 g/mol. The van der Waals surface area contributed by atoms with E-state index in [1.807, 2.05) is 55.5 Å². The van der Waals surface area contributed by atoms with Gasteiger partial charge >= 0.3 is 0 Å². The highest BCUT2D eigenvalue weighted by molar-refractivity contribution is 6.11. The first-order chi connectivity index (χ1) is 9.24. The van der Waals surface area contributed by atoms with Gasteiger partial charge < -0.3 is 5.32 Å². The standard InChI is InChI=1S/C15H13N3O/c1-10-7-8-13-12(9-10)14(18-17-13)15(19)16-11-5-3-2-4-6-11/h2-9H,1H3,(H,16,19)(H,17,18). The molecule has 4 nitrogen and oxygen atoms in total. The van der Waals surface area contributed by atoms with Crippen molar-refractivity contribution >= 4 is 22.5 Å². The third-order valence-corrected chi connectivity index (χ3v) is 2.97. The van der Waals surface area contributed by atoms with E-state index in [0.717, 1.165) is 22.2 Å². The lowest BCUT2D eigenvalue weighted by Crippen LogP contribution is -2.12. The zero-order valence-corrected chi connectivity index (χ0v) is 10.5. The molecule has 2 N–H and O–H groups in total. The number of aromatic nitrogens is 2. The molecule has 94 valence electrons. The van der Waals surface area contributed by atoms with Crippen molar-refractivity contribution in [2.45, 2.75) is 6.92 Å². The lowest BCUT2D eigenvalue weighted by molar-refractivity contribution is 0.102. The summed E-state index contributed by atoms with van der Waals surface area (Å²) in [5.74, 6) is -0.206. The summed E-state index contributed by atoms with van der Waals surface area (Å²) in [6, 6.07) is 15.2. The van der Waals surface area contributed by atoms with Gasteiger partial charge in [-0.1, -0.05) is 29.8 Å². The summed E-state index contributed by atoms with van der Waals surface area (Å²) in [5, 5.41) is 10.6. The molecule has 0 radical (unpaired) electrons. The van der Waals surface area contributed by atoms with Crippen LogP contribution in [0.1, 0.15) is 16.1 Å². The van der Waals surface area contributed by atoms with Gasteiger partial charge in [0, 0.05) is 11.1 Å². The molecule has 0 saturated carbocycles. The maximum absolute atomic E-state index is 12.2. The molecule has 3 aromatic rings. The molecule has 4 heteroatoms. The molecule has 1 amide bonds.